The van der Waals surface area contributed by atoms with Crippen LogP contribution in [0.15, 0.2) is 12.7 Å². The maximum atomic E-state index is 5.73. The Morgan fingerprint density at radius 3 is 2.94 bits per heavy atom. The zero-order valence-electron chi connectivity index (χ0n) is 10.3. The first kappa shape index (κ1) is 11.8. The van der Waals surface area contributed by atoms with Gasteiger partial charge in [0, 0.05) is 6.54 Å². The topological polar surface area (TPSA) is 72.9 Å². The molecule has 0 bridgehead atoms. The molecule has 92 valence electrons. The van der Waals surface area contributed by atoms with E-state index in [2.05, 4.69) is 33.8 Å². The van der Waals surface area contributed by atoms with Gasteiger partial charge in [-0.25, -0.2) is 15.0 Å². The van der Waals surface area contributed by atoms with Gasteiger partial charge in [0.2, 0.25) is 0 Å². The number of imidazole rings is 1. The number of nitrogens with two attached hydrogens (primary N) is 1. The molecule has 0 fully saturated rings. The Labute approximate surface area is 100 Å². The molecule has 0 radical (unpaired) electrons. The van der Waals surface area contributed by atoms with Crippen LogP contribution in [0, 0.1) is 0 Å². The molecule has 2 aromatic heterocycles. The normalized spacial score (nSPS) is 11.5. The zero-order chi connectivity index (χ0) is 12.3. The van der Waals surface area contributed by atoms with Crippen molar-refractivity contribution in [2.45, 2.75) is 19.9 Å². The summed E-state index contributed by atoms with van der Waals surface area (Å²) in [6, 6.07) is 0. The lowest BCUT2D eigenvalue weighted by Gasteiger charge is -2.13. The quantitative estimate of drug-likeness (QED) is 0.826. The van der Waals surface area contributed by atoms with Crippen molar-refractivity contribution >= 4 is 17.0 Å². The van der Waals surface area contributed by atoms with Crippen LogP contribution in [0.4, 0.5) is 5.82 Å². The summed E-state index contributed by atoms with van der Waals surface area (Å²) in [5.41, 5.74) is 7.24. The Hall–Kier alpha value is -1.69. The number of rotatable bonds is 5. The van der Waals surface area contributed by atoms with Crippen LogP contribution in [0.2, 0.25) is 0 Å². The average molecular weight is 234 g/mol. The molecule has 2 rings (SSSR count). The maximum absolute atomic E-state index is 5.73. The molecule has 2 heterocycles. The van der Waals surface area contributed by atoms with E-state index in [-0.39, 0.29) is 0 Å². The molecule has 6 heteroatoms. The summed E-state index contributed by atoms with van der Waals surface area (Å²) < 4.78 is 2.02. The fraction of sp³-hybridized carbons (Fsp3) is 0.545. The first-order valence-corrected chi connectivity index (χ1v) is 5.82. The molecule has 6 nitrogen and oxygen atoms in total. The third kappa shape index (κ3) is 2.52. The number of anilines is 1. The Kier molecular flexibility index (Phi) is 3.53. The van der Waals surface area contributed by atoms with Crippen LogP contribution in [0.1, 0.15) is 13.3 Å². The van der Waals surface area contributed by atoms with E-state index >= 15 is 0 Å². The van der Waals surface area contributed by atoms with Crippen LogP contribution in [0.5, 0.6) is 0 Å². The summed E-state index contributed by atoms with van der Waals surface area (Å²) in [6.07, 6.45) is 4.33. The molecular formula is C11H18N6. The van der Waals surface area contributed by atoms with Crippen molar-refractivity contribution in [3.8, 4) is 0 Å². The second kappa shape index (κ2) is 5.09. The largest absolute Gasteiger partial charge is 0.382 e. The molecule has 2 N–H and O–H groups in total. The van der Waals surface area contributed by atoms with Crippen LogP contribution in [-0.4, -0.2) is 44.6 Å². The van der Waals surface area contributed by atoms with Gasteiger partial charge in [0.05, 0.1) is 6.33 Å². The van der Waals surface area contributed by atoms with Gasteiger partial charge < -0.3 is 15.2 Å². The number of hydrogen-bond acceptors (Lipinski definition) is 5. The van der Waals surface area contributed by atoms with Crippen molar-refractivity contribution in [3.05, 3.63) is 12.7 Å². The third-order valence-corrected chi connectivity index (χ3v) is 2.91. The SMILES string of the molecule is CCN(C)CCCn1cnc2c(N)ncnc21. The first-order valence-electron chi connectivity index (χ1n) is 5.82. The molecule has 0 spiro atoms. The van der Waals surface area contributed by atoms with Gasteiger partial charge in [0.1, 0.15) is 11.8 Å². The van der Waals surface area contributed by atoms with Gasteiger partial charge in [0.15, 0.2) is 11.5 Å². The highest BCUT2D eigenvalue weighted by Crippen LogP contribution is 2.14. The van der Waals surface area contributed by atoms with E-state index in [4.69, 9.17) is 5.73 Å². The predicted octanol–water partition coefficient (Wildman–Crippen LogP) is 0.750. The fourth-order valence-electron chi connectivity index (χ4n) is 1.73. The van der Waals surface area contributed by atoms with Crippen LogP contribution < -0.4 is 5.73 Å². The smallest absolute Gasteiger partial charge is 0.165 e. The van der Waals surface area contributed by atoms with Crippen molar-refractivity contribution < 1.29 is 0 Å². The first-order chi connectivity index (χ1) is 8.22. The van der Waals surface area contributed by atoms with E-state index in [0.29, 0.717) is 11.3 Å². The lowest BCUT2D eigenvalue weighted by atomic mass is 10.4. The summed E-state index contributed by atoms with van der Waals surface area (Å²) >= 11 is 0. The summed E-state index contributed by atoms with van der Waals surface area (Å²) in [7, 11) is 2.12. The lowest BCUT2D eigenvalue weighted by Crippen LogP contribution is -2.20. The van der Waals surface area contributed by atoms with Gasteiger partial charge in [-0.1, -0.05) is 6.92 Å². The summed E-state index contributed by atoms with van der Waals surface area (Å²) in [4.78, 5) is 14.7. The highest BCUT2D eigenvalue weighted by Gasteiger charge is 2.07. The van der Waals surface area contributed by atoms with Gasteiger partial charge in [-0.3, -0.25) is 0 Å². The van der Waals surface area contributed by atoms with Gasteiger partial charge in [-0.2, -0.15) is 0 Å². The Morgan fingerprint density at radius 1 is 1.35 bits per heavy atom. The van der Waals surface area contributed by atoms with E-state index in [1.165, 1.54) is 6.33 Å². The number of nitrogens with zero attached hydrogens (tertiary/aromatic N) is 5. The molecule has 0 unspecified atom stereocenters. The minimum Gasteiger partial charge on any atom is -0.382 e. The van der Waals surface area contributed by atoms with Crippen molar-refractivity contribution in [2.75, 3.05) is 25.9 Å². The molecule has 0 amide bonds. The average Bonchev–Trinajstić information content (AvgIpc) is 2.74. The Bertz CT molecular complexity index is 492. The number of nitrogen functional groups attached to an aromatic ring is 1. The van der Waals surface area contributed by atoms with Crippen molar-refractivity contribution in [1.29, 1.82) is 0 Å². The fourth-order valence-corrected chi connectivity index (χ4v) is 1.73. The maximum Gasteiger partial charge on any atom is 0.165 e. The van der Waals surface area contributed by atoms with Gasteiger partial charge in [-0.15, -0.1) is 0 Å². The monoisotopic (exact) mass is 234 g/mol. The molecule has 0 atom stereocenters. The molecule has 2 aromatic rings. The van der Waals surface area contributed by atoms with Gasteiger partial charge >= 0.3 is 0 Å². The van der Waals surface area contributed by atoms with Crippen molar-refractivity contribution in [1.82, 2.24) is 24.4 Å². The summed E-state index contributed by atoms with van der Waals surface area (Å²) in [5, 5.41) is 0. The van der Waals surface area contributed by atoms with Gasteiger partial charge in [0.25, 0.3) is 0 Å². The van der Waals surface area contributed by atoms with E-state index in [1.807, 2.05) is 4.57 Å². The van der Waals surface area contributed by atoms with Gasteiger partial charge in [-0.05, 0) is 26.6 Å². The number of aryl methyl sites for hydroxylation is 1. The molecule has 17 heavy (non-hydrogen) atoms. The zero-order valence-corrected chi connectivity index (χ0v) is 10.3. The highest BCUT2D eigenvalue weighted by atomic mass is 15.1. The summed E-state index contributed by atoms with van der Waals surface area (Å²) in [5.74, 6) is 0.444. The van der Waals surface area contributed by atoms with E-state index < -0.39 is 0 Å². The Morgan fingerprint density at radius 2 is 2.18 bits per heavy atom. The predicted molar refractivity (Wildman–Crippen MR) is 67.5 cm³/mol. The molecule has 0 aliphatic carbocycles. The minimum atomic E-state index is 0.444. The van der Waals surface area contributed by atoms with E-state index in [0.717, 1.165) is 31.7 Å². The third-order valence-electron chi connectivity index (χ3n) is 2.91. The van der Waals surface area contributed by atoms with Crippen LogP contribution in [0.25, 0.3) is 11.2 Å². The highest BCUT2D eigenvalue weighted by molar-refractivity contribution is 5.80. The number of hydrogen-bond donors (Lipinski definition) is 1. The summed E-state index contributed by atoms with van der Waals surface area (Å²) in [6.45, 7) is 5.19. The molecule has 0 aliphatic heterocycles. The lowest BCUT2D eigenvalue weighted by molar-refractivity contribution is 0.339. The van der Waals surface area contributed by atoms with Crippen LogP contribution in [-0.2, 0) is 6.54 Å². The molecule has 0 aliphatic rings. The Balaban J connectivity index is 2.07. The number of aromatic nitrogens is 4. The standard InChI is InChI=1S/C11H18N6/c1-3-16(2)5-4-6-17-8-15-9-10(12)13-7-14-11(9)17/h7-8H,3-6H2,1-2H3,(H2,12,13,14). The number of fused-ring (bicyclic) bond motifs is 1. The van der Waals surface area contributed by atoms with E-state index in [9.17, 15) is 0 Å². The molecule has 0 aromatic carbocycles. The van der Waals surface area contributed by atoms with Crippen molar-refractivity contribution in [2.24, 2.45) is 0 Å². The second-order valence-corrected chi connectivity index (χ2v) is 4.12. The molecule has 0 saturated carbocycles. The molecule has 0 saturated heterocycles. The van der Waals surface area contributed by atoms with Crippen LogP contribution >= 0.6 is 0 Å². The van der Waals surface area contributed by atoms with Crippen molar-refractivity contribution in [3.63, 3.8) is 0 Å². The molecular weight excluding hydrogens is 216 g/mol. The van der Waals surface area contributed by atoms with E-state index in [1.54, 1.807) is 6.33 Å². The van der Waals surface area contributed by atoms with Crippen LogP contribution in [0.3, 0.4) is 0 Å². The minimum absolute atomic E-state index is 0.444. The second-order valence-electron chi connectivity index (χ2n) is 4.12.